The Bertz CT molecular complexity index is 1180. The van der Waals surface area contributed by atoms with Crippen LogP contribution >= 0.6 is 0 Å². The van der Waals surface area contributed by atoms with Gasteiger partial charge >= 0.3 is 0 Å². The zero-order valence-electron chi connectivity index (χ0n) is 17.5. The predicted octanol–water partition coefficient (Wildman–Crippen LogP) is 2.63. The predicted molar refractivity (Wildman–Crippen MR) is 118 cm³/mol. The van der Waals surface area contributed by atoms with Crippen LogP contribution in [0.25, 0.3) is 5.69 Å². The van der Waals surface area contributed by atoms with E-state index in [0.29, 0.717) is 36.0 Å². The molecular formula is C23H24N4O4. The van der Waals surface area contributed by atoms with Crippen molar-refractivity contribution in [2.24, 2.45) is 7.05 Å². The van der Waals surface area contributed by atoms with Crippen molar-refractivity contribution >= 4 is 23.2 Å². The maximum atomic E-state index is 12.9. The van der Waals surface area contributed by atoms with Crippen LogP contribution < -0.4 is 20.5 Å². The van der Waals surface area contributed by atoms with E-state index in [-0.39, 0.29) is 35.9 Å². The molecule has 0 saturated heterocycles. The first-order valence-corrected chi connectivity index (χ1v) is 10.1. The molecule has 0 spiro atoms. The second kappa shape index (κ2) is 8.51. The Morgan fingerprint density at radius 1 is 1.03 bits per heavy atom. The van der Waals surface area contributed by atoms with Crippen molar-refractivity contribution in [1.82, 2.24) is 9.36 Å². The molecule has 0 radical (unpaired) electrons. The van der Waals surface area contributed by atoms with Gasteiger partial charge in [0.05, 0.1) is 23.6 Å². The van der Waals surface area contributed by atoms with Crippen molar-refractivity contribution < 1.29 is 14.3 Å². The van der Waals surface area contributed by atoms with E-state index in [1.807, 2.05) is 54.6 Å². The molecule has 1 aliphatic rings. The van der Waals surface area contributed by atoms with Crippen LogP contribution in [-0.4, -0.2) is 34.3 Å². The van der Waals surface area contributed by atoms with Gasteiger partial charge in [-0.15, -0.1) is 0 Å². The monoisotopic (exact) mass is 420 g/mol. The van der Waals surface area contributed by atoms with Gasteiger partial charge in [-0.05, 0) is 31.2 Å². The number of benzene rings is 2. The third-order valence-corrected chi connectivity index (χ3v) is 5.41. The van der Waals surface area contributed by atoms with Crippen molar-refractivity contribution in [2.45, 2.75) is 19.8 Å². The van der Waals surface area contributed by atoms with Crippen molar-refractivity contribution in [2.75, 3.05) is 23.4 Å². The lowest BCUT2D eigenvalue weighted by Gasteiger charge is -2.29. The van der Waals surface area contributed by atoms with E-state index in [1.165, 1.54) is 4.68 Å². The molecule has 0 unspecified atom stereocenters. The molecule has 1 aliphatic heterocycles. The number of anilines is 2. The third-order valence-electron chi connectivity index (χ3n) is 5.41. The number of para-hydroxylation sites is 3. The highest BCUT2D eigenvalue weighted by molar-refractivity contribution is 5.99. The van der Waals surface area contributed by atoms with Gasteiger partial charge in [-0.2, -0.15) is 0 Å². The van der Waals surface area contributed by atoms with Gasteiger partial charge in [0.25, 0.3) is 5.56 Å². The van der Waals surface area contributed by atoms with E-state index in [2.05, 4.69) is 5.32 Å². The number of hydrogen-bond acceptors (Lipinski definition) is 4. The van der Waals surface area contributed by atoms with Crippen LogP contribution in [0.5, 0.6) is 5.75 Å². The fourth-order valence-electron chi connectivity index (χ4n) is 3.70. The number of fused-ring (bicyclic) bond motifs is 1. The van der Waals surface area contributed by atoms with Gasteiger partial charge in [-0.1, -0.05) is 30.3 Å². The third kappa shape index (κ3) is 3.96. The number of amides is 2. The van der Waals surface area contributed by atoms with Gasteiger partial charge in [0.2, 0.25) is 11.8 Å². The van der Waals surface area contributed by atoms with Gasteiger partial charge in [0.1, 0.15) is 18.0 Å². The lowest BCUT2D eigenvalue weighted by Crippen LogP contribution is -2.38. The molecule has 160 valence electrons. The smallest absolute Gasteiger partial charge is 0.295 e. The molecule has 2 aromatic carbocycles. The first-order valence-electron chi connectivity index (χ1n) is 10.1. The first-order chi connectivity index (χ1) is 15.0. The number of hydrogen-bond donors (Lipinski definition) is 1. The minimum absolute atomic E-state index is 0.0164. The minimum atomic E-state index is -0.374. The summed E-state index contributed by atoms with van der Waals surface area (Å²) in [5.74, 6) is 0.131. The lowest BCUT2D eigenvalue weighted by molar-refractivity contribution is -0.122. The Balaban J connectivity index is 1.45. The van der Waals surface area contributed by atoms with Gasteiger partial charge in [-0.3, -0.25) is 19.1 Å². The maximum absolute atomic E-state index is 12.9. The number of nitrogens with zero attached hydrogens (tertiary/aromatic N) is 3. The Morgan fingerprint density at radius 3 is 2.52 bits per heavy atom. The summed E-state index contributed by atoms with van der Waals surface area (Å²) in [6.07, 6.45) is 0.0242. The molecule has 8 heteroatoms. The van der Waals surface area contributed by atoms with Crippen LogP contribution in [0.3, 0.4) is 0 Å². The summed E-state index contributed by atoms with van der Waals surface area (Å²) in [4.78, 5) is 39.8. The van der Waals surface area contributed by atoms with Gasteiger partial charge in [-0.25, -0.2) is 4.68 Å². The second-order valence-corrected chi connectivity index (χ2v) is 7.35. The molecule has 3 aromatic rings. The van der Waals surface area contributed by atoms with Gasteiger partial charge in [0.15, 0.2) is 0 Å². The van der Waals surface area contributed by atoms with Gasteiger partial charge < -0.3 is 15.0 Å². The quantitative estimate of drug-likeness (QED) is 0.688. The Kier molecular flexibility index (Phi) is 5.62. The molecular weight excluding hydrogens is 396 g/mol. The number of aromatic nitrogens is 2. The molecule has 0 atom stereocenters. The zero-order chi connectivity index (χ0) is 22.0. The highest BCUT2D eigenvalue weighted by Crippen LogP contribution is 2.31. The van der Waals surface area contributed by atoms with Crippen LogP contribution in [0.15, 0.2) is 59.4 Å². The highest BCUT2D eigenvalue weighted by Gasteiger charge is 2.24. The van der Waals surface area contributed by atoms with Crippen LogP contribution in [-0.2, 0) is 16.6 Å². The molecule has 1 aromatic heterocycles. The van der Waals surface area contributed by atoms with Crippen LogP contribution in [0.1, 0.15) is 18.5 Å². The number of nitrogens with one attached hydrogen (secondary N) is 1. The van der Waals surface area contributed by atoms with E-state index >= 15 is 0 Å². The molecule has 8 nitrogen and oxygen atoms in total. The average Bonchev–Trinajstić information content (AvgIpc) is 3.00. The van der Waals surface area contributed by atoms with E-state index < -0.39 is 0 Å². The summed E-state index contributed by atoms with van der Waals surface area (Å²) < 4.78 is 8.77. The summed E-state index contributed by atoms with van der Waals surface area (Å²) in [6.45, 7) is 2.63. The summed E-state index contributed by atoms with van der Waals surface area (Å²) in [5, 5.41) is 2.70. The van der Waals surface area contributed by atoms with E-state index in [4.69, 9.17) is 4.74 Å². The minimum Gasteiger partial charge on any atom is -0.490 e. The van der Waals surface area contributed by atoms with E-state index in [0.717, 1.165) is 0 Å². The van der Waals surface area contributed by atoms with Crippen molar-refractivity contribution in [3.05, 3.63) is 70.6 Å². The first kappa shape index (κ1) is 20.5. The van der Waals surface area contributed by atoms with Crippen molar-refractivity contribution in [3.63, 3.8) is 0 Å². The number of rotatable bonds is 5. The average molecular weight is 420 g/mol. The van der Waals surface area contributed by atoms with Gasteiger partial charge in [0, 0.05) is 19.9 Å². The molecule has 2 amide bonds. The molecule has 1 N–H and O–H groups in total. The van der Waals surface area contributed by atoms with E-state index in [9.17, 15) is 14.4 Å². The topological polar surface area (TPSA) is 85.6 Å². The summed E-state index contributed by atoms with van der Waals surface area (Å²) in [5.41, 5.74) is 1.97. The molecule has 0 fully saturated rings. The largest absolute Gasteiger partial charge is 0.490 e. The van der Waals surface area contributed by atoms with Crippen molar-refractivity contribution in [3.8, 4) is 11.4 Å². The molecule has 4 rings (SSSR count). The SMILES string of the molecule is Cc1c(NC(=O)CCC(=O)N2CCOc3ccccc32)c(=O)n(-c2ccccc2)n1C. The van der Waals surface area contributed by atoms with E-state index in [1.54, 1.807) is 23.6 Å². The summed E-state index contributed by atoms with van der Waals surface area (Å²) in [6, 6.07) is 16.5. The molecule has 2 heterocycles. The number of carbonyl (C=O) groups excluding carboxylic acids is 2. The molecule has 0 saturated carbocycles. The van der Waals surface area contributed by atoms with Crippen LogP contribution in [0.2, 0.25) is 0 Å². The Labute approximate surface area is 179 Å². The molecule has 31 heavy (non-hydrogen) atoms. The fraction of sp³-hybridized carbons (Fsp3) is 0.261. The van der Waals surface area contributed by atoms with Crippen LogP contribution in [0, 0.1) is 6.92 Å². The van der Waals surface area contributed by atoms with Crippen molar-refractivity contribution in [1.29, 1.82) is 0 Å². The molecule has 0 bridgehead atoms. The maximum Gasteiger partial charge on any atom is 0.295 e. The summed E-state index contributed by atoms with van der Waals surface area (Å²) in [7, 11) is 1.76. The lowest BCUT2D eigenvalue weighted by atomic mass is 10.2. The highest BCUT2D eigenvalue weighted by atomic mass is 16.5. The normalized spacial score (nSPS) is 12.8. The second-order valence-electron chi connectivity index (χ2n) is 7.35. The standard InChI is InChI=1S/C23H24N4O4/c1-16-22(23(30)27(25(16)2)17-8-4-3-5-9-17)24-20(28)12-13-21(29)26-14-15-31-19-11-7-6-10-18(19)26/h3-11H,12-15H2,1-2H3,(H,24,28). The zero-order valence-corrected chi connectivity index (χ0v) is 17.5. The fourth-order valence-corrected chi connectivity index (χ4v) is 3.70. The molecule has 0 aliphatic carbocycles. The number of carbonyl (C=O) groups is 2. The number of ether oxygens (including phenoxy) is 1. The van der Waals surface area contributed by atoms with Crippen LogP contribution in [0.4, 0.5) is 11.4 Å². The summed E-state index contributed by atoms with van der Waals surface area (Å²) >= 11 is 0. The Morgan fingerprint density at radius 2 is 1.74 bits per heavy atom. The Hall–Kier alpha value is -3.81.